The second kappa shape index (κ2) is 7.37. The van der Waals surface area contributed by atoms with Crippen LogP contribution in [0.15, 0.2) is 53.3 Å². The SMILES string of the molecule is O=C(Nc1c(O)nc(Cc2ccc(Cl)cc2)[nH]c1=O)c1cccc(F)c1. The highest BCUT2D eigenvalue weighted by Crippen LogP contribution is 2.18. The second-order valence-corrected chi connectivity index (χ2v) is 5.92. The van der Waals surface area contributed by atoms with Crippen LogP contribution >= 0.6 is 11.6 Å². The summed E-state index contributed by atoms with van der Waals surface area (Å²) in [6.07, 6.45) is 0.262. The van der Waals surface area contributed by atoms with Crippen molar-refractivity contribution < 1.29 is 14.3 Å². The van der Waals surface area contributed by atoms with Gasteiger partial charge in [-0.3, -0.25) is 9.59 Å². The highest BCUT2D eigenvalue weighted by Gasteiger charge is 2.15. The van der Waals surface area contributed by atoms with Gasteiger partial charge in [0.2, 0.25) is 5.88 Å². The van der Waals surface area contributed by atoms with Gasteiger partial charge in [0, 0.05) is 17.0 Å². The first-order valence-electron chi connectivity index (χ1n) is 7.56. The van der Waals surface area contributed by atoms with Gasteiger partial charge in [-0.2, -0.15) is 4.98 Å². The summed E-state index contributed by atoms with van der Waals surface area (Å²) in [4.78, 5) is 30.7. The van der Waals surface area contributed by atoms with Crippen LogP contribution in [0.5, 0.6) is 5.88 Å². The Morgan fingerprint density at radius 3 is 2.62 bits per heavy atom. The molecule has 3 N–H and O–H groups in total. The van der Waals surface area contributed by atoms with Crippen LogP contribution in [-0.2, 0) is 6.42 Å². The minimum absolute atomic E-state index is 0.00837. The van der Waals surface area contributed by atoms with Crippen molar-refractivity contribution in [3.8, 4) is 5.88 Å². The Hall–Kier alpha value is -3.19. The van der Waals surface area contributed by atoms with Crippen LogP contribution in [0.1, 0.15) is 21.7 Å². The van der Waals surface area contributed by atoms with E-state index in [9.17, 15) is 19.1 Å². The molecule has 0 radical (unpaired) electrons. The molecule has 3 rings (SSSR count). The summed E-state index contributed by atoms with van der Waals surface area (Å²) in [5.74, 6) is -1.73. The highest BCUT2D eigenvalue weighted by atomic mass is 35.5. The molecule has 0 atom stereocenters. The quantitative estimate of drug-likeness (QED) is 0.654. The number of benzene rings is 2. The molecule has 0 aliphatic carbocycles. The molecular formula is C18H13ClFN3O3. The molecule has 1 heterocycles. The van der Waals surface area contributed by atoms with Crippen LogP contribution in [0.3, 0.4) is 0 Å². The van der Waals surface area contributed by atoms with E-state index in [0.29, 0.717) is 5.02 Å². The number of aromatic hydroxyl groups is 1. The number of nitrogens with zero attached hydrogens (tertiary/aromatic N) is 1. The number of anilines is 1. The highest BCUT2D eigenvalue weighted by molar-refractivity contribution is 6.30. The molecule has 0 unspecified atom stereocenters. The maximum atomic E-state index is 13.2. The molecular weight excluding hydrogens is 361 g/mol. The predicted octanol–water partition coefficient (Wildman–Crippen LogP) is 3.11. The topological polar surface area (TPSA) is 95.1 Å². The lowest BCUT2D eigenvalue weighted by Gasteiger charge is -2.08. The Morgan fingerprint density at radius 1 is 1.23 bits per heavy atom. The second-order valence-electron chi connectivity index (χ2n) is 5.48. The summed E-state index contributed by atoms with van der Waals surface area (Å²) >= 11 is 5.82. The number of amides is 1. The van der Waals surface area contributed by atoms with E-state index in [-0.39, 0.29) is 17.8 Å². The molecule has 0 aliphatic heterocycles. The number of carbonyl (C=O) groups is 1. The minimum Gasteiger partial charge on any atom is -0.492 e. The van der Waals surface area contributed by atoms with E-state index < -0.39 is 28.9 Å². The van der Waals surface area contributed by atoms with Crippen molar-refractivity contribution in [1.29, 1.82) is 0 Å². The summed E-state index contributed by atoms with van der Waals surface area (Å²) in [7, 11) is 0. The lowest BCUT2D eigenvalue weighted by Crippen LogP contribution is -2.22. The third kappa shape index (κ3) is 4.07. The van der Waals surface area contributed by atoms with Crippen molar-refractivity contribution in [3.63, 3.8) is 0 Å². The van der Waals surface area contributed by atoms with Crippen molar-refractivity contribution in [3.05, 3.63) is 86.7 Å². The van der Waals surface area contributed by atoms with Gasteiger partial charge < -0.3 is 15.4 Å². The van der Waals surface area contributed by atoms with E-state index in [1.807, 2.05) is 0 Å². The molecule has 8 heteroatoms. The first-order valence-corrected chi connectivity index (χ1v) is 7.93. The molecule has 26 heavy (non-hydrogen) atoms. The molecule has 0 bridgehead atoms. The number of aromatic nitrogens is 2. The van der Waals surface area contributed by atoms with Gasteiger partial charge in [0.05, 0.1) is 0 Å². The molecule has 1 aromatic heterocycles. The average Bonchev–Trinajstić information content (AvgIpc) is 2.60. The van der Waals surface area contributed by atoms with Crippen molar-refractivity contribution in [2.24, 2.45) is 0 Å². The molecule has 0 saturated heterocycles. The zero-order chi connectivity index (χ0) is 18.7. The number of aromatic amines is 1. The van der Waals surface area contributed by atoms with E-state index in [0.717, 1.165) is 11.6 Å². The number of halogens is 2. The first-order chi connectivity index (χ1) is 12.4. The maximum absolute atomic E-state index is 13.2. The maximum Gasteiger partial charge on any atom is 0.278 e. The fourth-order valence-corrected chi connectivity index (χ4v) is 2.44. The number of rotatable bonds is 4. The summed E-state index contributed by atoms with van der Waals surface area (Å²) in [5, 5.41) is 12.8. The fraction of sp³-hybridized carbons (Fsp3) is 0.0556. The van der Waals surface area contributed by atoms with Crippen LogP contribution in [0.4, 0.5) is 10.1 Å². The van der Waals surface area contributed by atoms with E-state index in [1.54, 1.807) is 24.3 Å². The molecule has 0 fully saturated rings. The largest absolute Gasteiger partial charge is 0.492 e. The van der Waals surface area contributed by atoms with Gasteiger partial charge in [-0.15, -0.1) is 0 Å². The zero-order valence-electron chi connectivity index (χ0n) is 13.3. The fourth-order valence-electron chi connectivity index (χ4n) is 2.31. The van der Waals surface area contributed by atoms with E-state index >= 15 is 0 Å². The van der Waals surface area contributed by atoms with Crippen molar-refractivity contribution in [1.82, 2.24) is 9.97 Å². The smallest absolute Gasteiger partial charge is 0.278 e. The lowest BCUT2D eigenvalue weighted by atomic mass is 10.1. The lowest BCUT2D eigenvalue weighted by molar-refractivity contribution is 0.102. The van der Waals surface area contributed by atoms with Crippen molar-refractivity contribution >= 4 is 23.2 Å². The monoisotopic (exact) mass is 373 g/mol. The molecule has 6 nitrogen and oxygen atoms in total. The van der Waals surface area contributed by atoms with Crippen LogP contribution in [-0.4, -0.2) is 21.0 Å². The Morgan fingerprint density at radius 2 is 1.96 bits per heavy atom. The number of hydrogen-bond acceptors (Lipinski definition) is 4. The van der Waals surface area contributed by atoms with Crippen molar-refractivity contribution in [2.75, 3.05) is 5.32 Å². The van der Waals surface area contributed by atoms with E-state index in [1.165, 1.54) is 18.2 Å². The van der Waals surface area contributed by atoms with Gasteiger partial charge in [0.15, 0.2) is 5.69 Å². The van der Waals surface area contributed by atoms with Crippen molar-refractivity contribution in [2.45, 2.75) is 6.42 Å². The molecule has 132 valence electrons. The van der Waals surface area contributed by atoms with Gasteiger partial charge >= 0.3 is 0 Å². The van der Waals surface area contributed by atoms with Crippen LogP contribution in [0, 0.1) is 5.82 Å². The normalized spacial score (nSPS) is 10.5. The minimum atomic E-state index is -0.738. The van der Waals surface area contributed by atoms with E-state index in [4.69, 9.17) is 11.6 Å². The van der Waals surface area contributed by atoms with Gasteiger partial charge in [0.25, 0.3) is 11.5 Å². The zero-order valence-corrected chi connectivity index (χ0v) is 14.0. The summed E-state index contributed by atoms with van der Waals surface area (Å²) in [6.45, 7) is 0. The predicted molar refractivity (Wildman–Crippen MR) is 95.1 cm³/mol. The average molecular weight is 374 g/mol. The standard InChI is InChI=1S/C18H13ClFN3O3/c19-12-6-4-10(5-7-12)8-14-21-17(25)15(18(26)22-14)23-16(24)11-2-1-3-13(20)9-11/h1-7,9H,8H2,(H,23,24)(H2,21,22,25,26). The third-order valence-electron chi connectivity index (χ3n) is 3.56. The van der Waals surface area contributed by atoms with Gasteiger partial charge in [-0.1, -0.05) is 29.8 Å². The summed E-state index contributed by atoms with van der Waals surface area (Å²) in [5.41, 5.74) is -0.284. The van der Waals surface area contributed by atoms with Gasteiger partial charge in [0.1, 0.15) is 11.6 Å². The molecule has 2 aromatic carbocycles. The number of carbonyl (C=O) groups excluding carboxylic acids is 1. The Balaban J connectivity index is 1.82. The first kappa shape index (κ1) is 17.6. The number of H-pyrrole nitrogens is 1. The molecule has 3 aromatic rings. The van der Waals surface area contributed by atoms with Crippen LogP contribution in [0.25, 0.3) is 0 Å². The summed E-state index contributed by atoms with van der Waals surface area (Å²) < 4.78 is 13.2. The Bertz CT molecular complexity index is 1020. The molecule has 1 amide bonds. The molecule has 0 saturated carbocycles. The van der Waals surface area contributed by atoms with Gasteiger partial charge in [-0.05, 0) is 35.9 Å². The summed E-state index contributed by atoms with van der Waals surface area (Å²) in [6, 6.07) is 11.9. The number of hydrogen-bond donors (Lipinski definition) is 3. The third-order valence-corrected chi connectivity index (χ3v) is 3.81. The van der Waals surface area contributed by atoms with E-state index in [2.05, 4.69) is 15.3 Å². The van der Waals surface area contributed by atoms with Crippen LogP contribution < -0.4 is 10.9 Å². The Labute approximate surface area is 152 Å². The molecule has 0 aliphatic rings. The van der Waals surface area contributed by atoms with Gasteiger partial charge in [-0.25, -0.2) is 4.39 Å². The number of nitrogens with one attached hydrogen (secondary N) is 2. The van der Waals surface area contributed by atoms with Crippen LogP contribution in [0.2, 0.25) is 5.02 Å². The molecule has 0 spiro atoms. The Kier molecular flexibility index (Phi) is 4.99.